The number of halogens is 1. The molecule has 3 rings (SSSR count). The smallest absolute Gasteiger partial charge is 0.298 e. The van der Waals surface area contributed by atoms with Crippen LogP contribution in [0.25, 0.3) is 11.1 Å². The van der Waals surface area contributed by atoms with E-state index in [1.165, 1.54) is 6.07 Å². The highest BCUT2D eigenvalue weighted by Gasteiger charge is 2.12. The summed E-state index contributed by atoms with van der Waals surface area (Å²) in [5.74, 6) is -0.236. The molecule has 0 aliphatic carbocycles. The number of nitrogens with two attached hydrogens (primary N) is 1. The molecular formula is C15H14FN3O. The van der Waals surface area contributed by atoms with Crippen molar-refractivity contribution in [3.8, 4) is 0 Å². The minimum Gasteiger partial charge on any atom is -0.423 e. The van der Waals surface area contributed by atoms with Gasteiger partial charge in [0.25, 0.3) is 6.01 Å². The van der Waals surface area contributed by atoms with Crippen molar-refractivity contribution in [1.29, 1.82) is 0 Å². The van der Waals surface area contributed by atoms with Crippen molar-refractivity contribution in [1.82, 2.24) is 4.98 Å². The molecule has 0 saturated carbocycles. The molecule has 0 aliphatic rings. The van der Waals surface area contributed by atoms with Gasteiger partial charge in [-0.2, -0.15) is 4.98 Å². The summed E-state index contributed by atoms with van der Waals surface area (Å²) in [7, 11) is 1.81. The molecule has 0 radical (unpaired) electrons. The summed E-state index contributed by atoms with van der Waals surface area (Å²) in [5, 5.41) is 0. The minimum absolute atomic E-state index is 0.236. The fourth-order valence-corrected chi connectivity index (χ4v) is 2.04. The molecule has 2 aromatic carbocycles. The quantitative estimate of drug-likeness (QED) is 0.743. The summed E-state index contributed by atoms with van der Waals surface area (Å²) >= 11 is 0. The van der Waals surface area contributed by atoms with Crippen LogP contribution in [0.15, 0.2) is 46.9 Å². The molecule has 3 aromatic rings. The number of nitrogens with zero attached hydrogens (tertiary/aromatic N) is 2. The molecule has 1 aromatic heterocycles. The van der Waals surface area contributed by atoms with Crippen molar-refractivity contribution >= 4 is 22.8 Å². The molecular weight excluding hydrogens is 257 g/mol. The summed E-state index contributed by atoms with van der Waals surface area (Å²) in [6.07, 6.45) is 0. The topological polar surface area (TPSA) is 55.3 Å². The number of rotatable bonds is 3. The van der Waals surface area contributed by atoms with Gasteiger partial charge in [-0.25, -0.2) is 4.39 Å². The second kappa shape index (κ2) is 4.85. The lowest BCUT2D eigenvalue weighted by Crippen LogP contribution is -2.17. The van der Waals surface area contributed by atoms with Gasteiger partial charge in [0.1, 0.15) is 11.3 Å². The lowest BCUT2D eigenvalue weighted by atomic mass is 10.2. The van der Waals surface area contributed by atoms with Crippen molar-refractivity contribution in [2.45, 2.75) is 6.54 Å². The summed E-state index contributed by atoms with van der Waals surface area (Å²) < 4.78 is 19.3. The van der Waals surface area contributed by atoms with Gasteiger partial charge >= 0.3 is 0 Å². The first kappa shape index (κ1) is 12.5. The lowest BCUT2D eigenvalue weighted by molar-refractivity contribution is 0.570. The first-order valence-corrected chi connectivity index (χ1v) is 6.24. The van der Waals surface area contributed by atoms with Crippen LogP contribution in [-0.4, -0.2) is 12.0 Å². The van der Waals surface area contributed by atoms with Crippen LogP contribution < -0.4 is 10.6 Å². The van der Waals surface area contributed by atoms with Gasteiger partial charge in [-0.1, -0.05) is 18.2 Å². The Morgan fingerprint density at radius 3 is 2.85 bits per heavy atom. The summed E-state index contributed by atoms with van der Waals surface area (Å²) in [6.45, 7) is 0.384. The zero-order valence-corrected chi connectivity index (χ0v) is 11.0. The number of anilines is 2. The van der Waals surface area contributed by atoms with E-state index in [2.05, 4.69) is 4.98 Å². The Kier molecular flexibility index (Phi) is 3.02. The molecule has 0 atom stereocenters. The maximum absolute atomic E-state index is 13.6. The average Bonchev–Trinajstić information content (AvgIpc) is 2.84. The van der Waals surface area contributed by atoms with Gasteiger partial charge in [0.05, 0.1) is 0 Å². The normalized spacial score (nSPS) is 10.9. The maximum atomic E-state index is 13.6. The van der Waals surface area contributed by atoms with Crippen molar-refractivity contribution in [2.75, 3.05) is 17.7 Å². The summed E-state index contributed by atoms with van der Waals surface area (Å²) in [5.41, 5.74) is 8.27. The Balaban J connectivity index is 1.89. The Hall–Kier alpha value is -2.56. The van der Waals surface area contributed by atoms with Gasteiger partial charge in [-0.15, -0.1) is 0 Å². The first-order valence-electron chi connectivity index (χ1n) is 6.24. The highest BCUT2D eigenvalue weighted by Crippen LogP contribution is 2.24. The zero-order chi connectivity index (χ0) is 14.1. The number of hydrogen-bond donors (Lipinski definition) is 1. The molecule has 2 N–H and O–H groups in total. The Morgan fingerprint density at radius 2 is 2.05 bits per heavy atom. The lowest BCUT2D eigenvalue weighted by Gasteiger charge is -2.14. The van der Waals surface area contributed by atoms with Crippen LogP contribution in [0, 0.1) is 5.82 Å². The zero-order valence-electron chi connectivity index (χ0n) is 11.0. The Morgan fingerprint density at radius 1 is 1.25 bits per heavy atom. The second-order valence-corrected chi connectivity index (χ2v) is 4.67. The molecule has 0 unspecified atom stereocenters. The molecule has 0 amide bonds. The highest BCUT2D eigenvalue weighted by molar-refractivity contribution is 5.78. The molecule has 0 bridgehead atoms. The fourth-order valence-electron chi connectivity index (χ4n) is 2.04. The first-order chi connectivity index (χ1) is 9.63. The molecule has 102 valence electrons. The van der Waals surface area contributed by atoms with Crippen molar-refractivity contribution in [2.24, 2.45) is 0 Å². The van der Waals surface area contributed by atoms with Crippen LogP contribution in [0.3, 0.4) is 0 Å². The molecule has 0 aliphatic heterocycles. The predicted octanol–water partition coefficient (Wildman–Crippen LogP) is 3.19. The van der Waals surface area contributed by atoms with Gasteiger partial charge in [-0.05, 0) is 18.2 Å². The van der Waals surface area contributed by atoms with E-state index < -0.39 is 0 Å². The average molecular weight is 271 g/mol. The maximum Gasteiger partial charge on any atom is 0.298 e. The largest absolute Gasteiger partial charge is 0.423 e. The van der Waals surface area contributed by atoms with E-state index in [0.717, 1.165) is 5.52 Å². The van der Waals surface area contributed by atoms with Crippen LogP contribution >= 0.6 is 0 Å². The van der Waals surface area contributed by atoms with Gasteiger partial charge in [0.15, 0.2) is 5.58 Å². The third-order valence-corrected chi connectivity index (χ3v) is 3.09. The van der Waals surface area contributed by atoms with Crippen molar-refractivity contribution in [3.63, 3.8) is 0 Å². The van der Waals surface area contributed by atoms with Gasteiger partial charge in [0, 0.05) is 30.9 Å². The van der Waals surface area contributed by atoms with E-state index in [1.807, 2.05) is 0 Å². The standard InChI is InChI=1S/C15H14FN3O/c1-19(9-10-4-2-3-5-12(10)16)15-18-13-7-6-11(17)8-14(13)20-15/h2-8H,9,17H2,1H3. The van der Waals surface area contributed by atoms with E-state index in [1.54, 1.807) is 48.3 Å². The minimum atomic E-state index is -0.236. The van der Waals surface area contributed by atoms with Gasteiger partial charge in [-0.3, -0.25) is 0 Å². The Bertz CT molecular complexity index is 754. The molecule has 20 heavy (non-hydrogen) atoms. The van der Waals surface area contributed by atoms with Crippen molar-refractivity contribution < 1.29 is 8.81 Å². The number of oxazole rings is 1. The van der Waals surface area contributed by atoms with E-state index in [4.69, 9.17) is 10.2 Å². The van der Waals surface area contributed by atoms with Crippen LogP contribution in [0.4, 0.5) is 16.1 Å². The SMILES string of the molecule is CN(Cc1ccccc1F)c1nc2ccc(N)cc2o1. The highest BCUT2D eigenvalue weighted by atomic mass is 19.1. The van der Waals surface area contributed by atoms with Gasteiger partial charge in [0.2, 0.25) is 0 Å². The van der Waals surface area contributed by atoms with Crippen molar-refractivity contribution in [3.05, 3.63) is 53.8 Å². The third kappa shape index (κ3) is 2.30. The molecule has 4 nitrogen and oxygen atoms in total. The number of aromatic nitrogens is 1. The van der Waals surface area contributed by atoms with Crippen LogP contribution in [0.2, 0.25) is 0 Å². The molecule has 0 saturated heterocycles. The number of nitrogen functional groups attached to an aromatic ring is 1. The van der Waals surface area contributed by atoms with Gasteiger partial charge < -0.3 is 15.1 Å². The summed E-state index contributed by atoms with van der Waals surface area (Å²) in [6, 6.07) is 12.4. The molecule has 0 spiro atoms. The van der Waals surface area contributed by atoms with Crippen LogP contribution in [0.1, 0.15) is 5.56 Å². The monoisotopic (exact) mass is 271 g/mol. The van der Waals surface area contributed by atoms with E-state index in [0.29, 0.717) is 29.4 Å². The third-order valence-electron chi connectivity index (χ3n) is 3.09. The van der Waals surface area contributed by atoms with E-state index >= 15 is 0 Å². The second-order valence-electron chi connectivity index (χ2n) is 4.67. The van der Waals surface area contributed by atoms with Crippen LogP contribution in [0.5, 0.6) is 0 Å². The number of fused-ring (bicyclic) bond motifs is 1. The molecule has 5 heteroatoms. The van der Waals surface area contributed by atoms with E-state index in [9.17, 15) is 4.39 Å². The predicted molar refractivity (Wildman–Crippen MR) is 76.9 cm³/mol. The number of benzene rings is 2. The summed E-state index contributed by atoms with van der Waals surface area (Å²) in [4.78, 5) is 6.12. The fraction of sp³-hybridized carbons (Fsp3) is 0.133. The molecule has 0 fully saturated rings. The molecule has 1 heterocycles. The van der Waals surface area contributed by atoms with E-state index in [-0.39, 0.29) is 5.82 Å². The number of hydrogen-bond acceptors (Lipinski definition) is 4. The van der Waals surface area contributed by atoms with Crippen LogP contribution in [-0.2, 0) is 6.54 Å². The Labute approximate surface area is 115 Å².